The lowest BCUT2D eigenvalue weighted by molar-refractivity contribution is -0.154. The van der Waals surface area contributed by atoms with E-state index in [-0.39, 0.29) is 36.6 Å². The van der Waals surface area contributed by atoms with Gasteiger partial charge >= 0.3 is 11.9 Å². The number of hydrogen-bond acceptors (Lipinski definition) is 4. The third kappa shape index (κ3) is 7.82. The summed E-state index contributed by atoms with van der Waals surface area (Å²) in [5.74, 6) is -3.83. The lowest BCUT2D eigenvalue weighted by atomic mass is 9.86. The molecule has 0 radical (unpaired) electrons. The van der Waals surface area contributed by atoms with E-state index < -0.39 is 34.6 Å². The molecule has 0 spiro atoms. The Hall–Kier alpha value is -4.80. The molecule has 4 aromatic rings. The average Bonchev–Trinajstić information content (AvgIpc) is 3.54. The molecule has 2 heterocycles. The quantitative estimate of drug-likeness (QED) is 0.141. The summed E-state index contributed by atoms with van der Waals surface area (Å²) in [6.45, 7) is 2.88. The summed E-state index contributed by atoms with van der Waals surface area (Å²) < 4.78 is 27.9. The van der Waals surface area contributed by atoms with Crippen LogP contribution in [0.25, 0.3) is 22.3 Å². The maximum Gasteiger partial charge on any atom is 0.318 e. The lowest BCUT2D eigenvalue weighted by Gasteiger charge is -2.14. The van der Waals surface area contributed by atoms with Crippen LogP contribution in [0.1, 0.15) is 37.8 Å². The van der Waals surface area contributed by atoms with Gasteiger partial charge in [-0.05, 0) is 98.2 Å². The smallest absolute Gasteiger partial charge is 0.318 e. The zero-order valence-corrected chi connectivity index (χ0v) is 28.6. The number of hydrogen-bond donors (Lipinski definition) is 4. The predicted octanol–water partition coefficient (Wildman–Crippen LogP) is 7.34. The molecule has 50 heavy (non-hydrogen) atoms. The molecule has 4 aromatic carbocycles. The fraction of sp³-hybridized carbons (Fsp3) is 0.263. The molecule has 2 aliphatic heterocycles. The molecule has 2 aliphatic rings. The van der Waals surface area contributed by atoms with Crippen LogP contribution in [0.4, 0.5) is 8.78 Å². The Morgan fingerprint density at radius 1 is 0.660 bits per heavy atom. The fourth-order valence-corrected chi connectivity index (χ4v) is 6.57. The van der Waals surface area contributed by atoms with Gasteiger partial charge < -0.3 is 20.8 Å². The Morgan fingerprint density at radius 2 is 1.00 bits per heavy atom. The molecule has 2 saturated heterocycles. The first-order chi connectivity index (χ1) is 23.6. The molecular weight excluding hydrogens is 689 g/mol. The maximum absolute atomic E-state index is 13.9. The molecule has 0 bridgehead atoms. The number of halogens is 4. The Kier molecular flexibility index (Phi) is 10.6. The van der Waals surface area contributed by atoms with Crippen molar-refractivity contribution in [2.24, 2.45) is 10.8 Å². The van der Waals surface area contributed by atoms with Crippen molar-refractivity contribution in [3.63, 3.8) is 0 Å². The molecule has 1 unspecified atom stereocenters. The van der Waals surface area contributed by atoms with Crippen LogP contribution >= 0.6 is 23.2 Å². The van der Waals surface area contributed by atoms with Crippen molar-refractivity contribution < 1.29 is 38.2 Å². The first kappa shape index (κ1) is 36.5. The van der Waals surface area contributed by atoms with Crippen LogP contribution < -0.4 is 10.6 Å². The first-order valence-electron chi connectivity index (χ1n) is 15.8. The van der Waals surface area contributed by atoms with Crippen LogP contribution in [0.5, 0.6) is 0 Å². The highest BCUT2D eigenvalue weighted by atomic mass is 35.5. The van der Waals surface area contributed by atoms with Crippen molar-refractivity contribution in [3.8, 4) is 22.3 Å². The van der Waals surface area contributed by atoms with Gasteiger partial charge in [0, 0.05) is 33.3 Å². The molecule has 6 rings (SSSR count). The van der Waals surface area contributed by atoms with E-state index in [4.69, 9.17) is 23.2 Å². The lowest BCUT2D eigenvalue weighted by Crippen LogP contribution is -2.36. The minimum absolute atomic E-state index is 0.234. The Bertz CT molecular complexity index is 1820. The minimum atomic E-state index is -1.38. The second kappa shape index (κ2) is 14.6. The summed E-state index contributed by atoms with van der Waals surface area (Å²) in [6, 6.07) is 22.9. The van der Waals surface area contributed by atoms with E-state index >= 15 is 0 Å². The zero-order chi connectivity index (χ0) is 36.4. The number of carbonyl (C=O) groups is 4. The van der Waals surface area contributed by atoms with Gasteiger partial charge in [-0.25, -0.2) is 8.78 Å². The van der Waals surface area contributed by atoms with Crippen LogP contribution in [0.3, 0.4) is 0 Å². The Morgan fingerprint density at radius 3 is 1.30 bits per heavy atom. The third-order valence-electron chi connectivity index (χ3n) is 9.28. The van der Waals surface area contributed by atoms with Crippen molar-refractivity contribution in [2.45, 2.75) is 51.6 Å². The van der Waals surface area contributed by atoms with Crippen LogP contribution in [-0.2, 0) is 32.0 Å². The summed E-state index contributed by atoms with van der Waals surface area (Å²) in [6.07, 6.45) is 1.53. The number of rotatable bonds is 8. The van der Waals surface area contributed by atoms with Gasteiger partial charge in [-0.15, -0.1) is 0 Å². The third-order valence-corrected chi connectivity index (χ3v) is 9.75. The Labute approximate surface area is 297 Å². The maximum atomic E-state index is 13.9. The van der Waals surface area contributed by atoms with Gasteiger partial charge in [0.25, 0.3) is 0 Å². The highest BCUT2D eigenvalue weighted by Gasteiger charge is 2.49. The average molecular weight is 724 g/mol. The van der Waals surface area contributed by atoms with E-state index in [2.05, 4.69) is 10.6 Å². The molecule has 4 N–H and O–H groups in total. The molecule has 4 atom stereocenters. The summed E-state index contributed by atoms with van der Waals surface area (Å²) in [4.78, 5) is 46.4. The van der Waals surface area contributed by atoms with E-state index in [0.717, 1.165) is 11.1 Å². The SMILES string of the molecule is CC1(C(=O)O)C[C@@H](Cc2ccc(-c3cc(Cl)ccc3F)cc2)NC1=O.C[C@@]1(C(=O)O)C[C@@H](Cc2ccc(-c3cc(Cl)ccc3F)cc2)NC1=O. The number of nitrogens with one attached hydrogen (secondary N) is 2. The minimum Gasteiger partial charge on any atom is -0.480 e. The van der Waals surface area contributed by atoms with Crippen molar-refractivity contribution in [3.05, 3.63) is 118 Å². The predicted molar refractivity (Wildman–Crippen MR) is 186 cm³/mol. The second-order valence-electron chi connectivity index (χ2n) is 13.1. The van der Waals surface area contributed by atoms with E-state index in [9.17, 15) is 38.2 Å². The van der Waals surface area contributed by atoms with Crippen LogP contribution in [-0.4, -0.2) is 46.0 Å². The standard InChI is InChI=1S/2C19H17ClFNO3/c2*1-19(18(24)25)10-14(22-17(19)23)8-11-2-4-12(5-3-11)15-9-13(20)6-7-16(15)21/h2*2-7,9,14H,8,10H2,1H3,(H,22,23)(H,24,25)/t14-,19?;14-,19-/m11/s1. The van der Waals surface area contributed by atoms with Crippen molar-refractivity contribution in [1.29, 1.82) is 0 Å². The van der Waals surface area contributed by atoms with Crippen molar-refractivity contribution >= 4 is 47.0 Å². The topological polar surface area (TPSA) is 133 Å². The summed E-state index contributed by atoms with van der Waals surface area (Å²) in [5, 5.41) is 24.9. The molecule has 2 amide bonds. The van der Waals surface area contributed by atoms with E-state index in [1.807, 2.05) is 24.3 Å². The van der Waals surface area contributed by atoms with E-state index in [1.165, 1.54) is 38.1 Å². The molecule has 8 nitrogen and oxygen atoms in total. The van der Waals surface area contributed by atoms with Gasteiger partial charge in [0.15, 0.2) is 0 Å². The van der Waals surface area contributed by atoms with Gasteiger partial charge in [-0.2, -0.15) is 0 Å². The molecule has 260 valence electrons. The molecular formula is C38H34Cl2F2N2O6. The number of benzene rings is 4. The van der Waals surface area contributed by atoms with E-state index in [0.29, 0.717) is 45.1 Å². The Balaban J connectivity index is 0.000000194. The van der Waals surface area contributed by atoms with Gasteiger partial charge in [0.1, 0.15) is 22.5 Å². The van der Waals surface area contributed by atoms with Gasteiger partial charge in [-0.3, -0.25) is 19.2 Å². The molecule has 2 fully saturated rings. The van der Waals surface area contributed by atoms with Crippen LogP contribution in [0.2, 0.25) is 10.0 Å². The molecule has 0 aliphatic carbocycles. The number of carboxylic acid groups (broad SMARTS) is 2. The summed E-state index contributed by atoms with van der Waals surface area (Å²) in [5.41, 5.74) is 1.36. The highest BCUT2D eigenvalue weighted by molar-refractivity contribution is 6.31. The molecule has 0 saturated carbocycles. The largest absolute Gasteiger partial charge is 0.480 e. The summed E-state index contributed by atoms with van der Waals surface area (Å²) >= 11 is 11.8. The monoisotopic (exact) mass is 722 g/mol. The highest BCUT2D eigenvalue weighted by Crippen LogP contribution is 2.34. The fourth-order valence-electron chi connectivity index (χ4n) is 6.22. The van der Waals surface area contributed by atoms with E-state index in [1.54, 1.807) is 36.4 Å². The zero-order valence-electron chi connectivity index (χ0n) is 27.1. The number of aliphatic carboxylic acids is 2. The van der Waals surface area contributed by atoms with Crippen LogP contribution in [0, 0.1) is 22.5 Å². The van der Waals surface area contributed by atoms with Gasteiger partial charge in [0.05, 0.1) is 0 Å². The van der Waals surface area contributed by atoms with Crippen molar-refractivity contribution in [2.75, 3.05) is 0 Å². The van der Waals surface area contributed by atoms with Crippen LogP contribution in [0.15, 0.2) is 84.9 Å². The summed E-state index contributed by atoms with van der Waals surface area (Å²) in [7, 11) is 0. The molecule has 12 heteroatoms. The van der Waals surface area contributed by atoms with Crippen molar-refractivity contribution in [1.82, 2.24) is 10.6 Å². The first-order valence-corrected chi connectivity index (χ1v) is 16.5. The van der Waals surface area contributed by atoms with Gasteiger partial charge in [0.2, 0.25) is 11.8 Å². The second-order valence-corrected chi connectivity index (χ2v) is 13.9. The number of carbonyl (C=O) groups excluding carboxylic acids is 2. The number of amides is 2. The van der Waals surface area contributed by atoms with Gasteiger partial charge in [-0.1, -0.05) is 71.7 Å². The normalized spacial score (nSPS) is 22.7. The number of carboxylic acids is 2. The molecule has 0 aromatic heterocycles.